The van der Waals surface area contributed by atoms with Crippen molar-refractivity contribution in [2.45, 2.75) is 44.2 Å². The highest BCUT2D eigenvalue weighted by atomic mass is 19.4. The predicted octanol–water partition coefficient (Wildman–Crippen LogP) is 5.30. The monoisotopic (exact) mass is 588 g/mol. The minimum atomic E-state index is -4.34. The predicted molar refractivity (Wildman–Crippen MR) is 154 cm³/mol. The fourth-order valence-corrected chi connectivity index (χ4v) is 5.81. The molecule has 11 heteroatoms. The Hall–Kier alpha value is -4.54. The Morgan fingerprint density at radius 1 is 0.977 bits per heavy atom. The maximum atomic E-state index is 13.1. The van der Waals surface area contributed by atoms with Crippen molar-refractivity contribution in [3.63, 3.8) is 0 Å². The Kier molecular flexibility index (Phi) is 7.96. The third-order valence-electron chi connectivity index (χ3n) is 8.15. The van der Waals surface area contributed by atoms with E-state index < -0.39 is 24.9 Å². The van der Waals surface area contributed by atoms with Gasteiger partial charge in [0, 0.05) is 74.7 Å². The van der Waals surface area contributed by atoms with Crippen molar-refractivity contribution < 1.29 is 22.8 Å². The summed E-state index contributed by atoms with van der Waals surface area (Å²) < 4.78 is 39.2. The molecule has 0 bridgehead atoms. The number of rotatable bonds is 7. The van der Waals surface area contributed by atoms with Crippen LogP contribution in [0.25, 0.3) is 11.2 Å². The molecule has 0 aliphatic carbocycles. The van der Waals surface area contributed by atoms with Gasteiger partial charge in [0.2, 0.25) is 5.91 Å². The molecule has 2 amide bonds. The van der Waals surface area contributed by atoms with E-state index in [1.54, 1.807) is 16.9 Å². The van der Waals surface area contributed by atoms with E-state index in [0.29, 0.717) is 48.9 Å². The van der Waals surface area contributed by atoms with Gasteiger partial charge in [0.1, 0.15) is 0 Å². The lowest BCUT2D eigenvalue weighted by atomic mass is 10.00. The third kappa shape index (κ3) is 6.60. The van der Waals surface area contributed by atoms with E-state index >= 15 is 0 Å². The second-order valence-electron chi connectivity index (χ2n) is 11.0. The molecule has 1 fully saturated rings. The number of likely N-dealkylation sites (tertiary alicyclic amines) is 1. The maximum absolute atomic E-state index is 13.1. The first-order valence-corrected chi connectivity index (χ1v) is 14.4. The molecule has 2 aliphatic rings. The van der Waals surface area contributed by atoms with Gasteiger partial charge >= 0.3 is 6.18 Å². The molecule has 1 aromatic carbocycles. The lowest BCUT2D eigenvalue weighted by Crippen LogP contribution is -2.35. The van der Waals surface area contributed by atoms with Crippen molar-refractivity contribution in [2.75, 3.05) is 26.2 Å². The second-order valence-corrected chi connectivity index (χ2v) is 11.0. The summed E-state index contributed by atoms with van der Waals surface area (Å²) >= 11 is 0. The van der Waals surface area contributed by atoms with E-state index in [-0.39, 0.29) is 12.5 Å². The highest BCUT2D eigenvalue weighted by molar-refractivity contribution is 5.94. The number of aromatic nitrogens is 4. The Morgan fingerprint density at radius 2 is 1.77 bits per heavy atom. The van der Waals surface area contributed by atoms with E-state index in [2.05, 4.69) is 10.1 Å². The van der Waals surface area contributed by atoms with Crippen molar-refractivity contribution in [1.29, 1.82) is 0 Å². The minimum absolute atomic E-state index is 0.0278. The number of fused-ring (bicyclic) bond motifs is 1. The van der Waals surface area contributed by atoms with Crippen molar-refractivity contribution >= 4 is 23.0 Å². The molecule has 43 heavy (non-hydrogen) atoms. The van der Waals surface area contributed by atoms with Gasteiger partial charge in [-0.25, -0.2) is 9.50 Å². The number of amides is 2. The normalized spacial score (nSPS) is 17.4. The summed E-state index contributed by atoms with van der Waals surface area (Å²) in [5.74, 6) is 0.496. The van der Waals surface area contributed by atoms with Crippen molar-refractivity contribution in [1.82, 2.24) is 29.4 Å². The Labute approximate surface area is 246 Å². The number of alkyl halides is 3. The maximum Gasteiger partial charge on any atom is 0.389 e. The molecule has 1 saturated heterocycles. The average molecular weight is 589 g/mol. The van der Waals surface area contributed by atoms with Crippen molar-refractivity contribution in [3.8, 4) is 0 Å². The molecule has 222 valence electrons. The van der Waals surface area contributed by atoms with Gasteiger partial charge in [-0.1, -0.05) is 18.2 Å². The van der Waals surface area contributed by atoms with Crippen LogP contribution >= 0.6 is 0 Å². The number of hydrogen-bond donors (Lipinski definition) is 0. The molecule has 4 aromatic rings. The fraction of sp³-hybridized carbons (Fsp3) is 0.344. The van der Waals surface area contributed by atoms with Crippen LogP contribution in [0.15, 0.2) is 73.2 Å². The first-order chi connectivity index (χ1) is 20.7. The zero-order valence-electron chi connectivity index (χ0n) is 23.5. The van der Waals surface area contributed by atoms with Crippen LogP contribution in [-0.4, -0.2) is 73.6 Å². The molecule has 3 aromatic heterocycles. The van der Waals surface area contributed by atoms with E-state index in [9.17, 15) is 22.8 Å². The highest BCUT2D eigenvalue weighted by Crippen LogP contribution is 2.29. The molecular formula is C32H31F3N6O2. The molecule has 0 radical (unpaired) electrons. The zero-order valence-corrected chi connectivity index (χ0v) is 23.5. The highest BCUT2D eigenvalue weighted by Gasteiger charge is 2.30. The molecule has 2 aliphatic heterocycles. The van der Waals surface area contributed by atoms with Crippen LogP contribution < -0.4 is 0 Å². The Morgan fingerprint density at radius 3 is 2.49 bits per heavy atom. The summed E-state index contributed by atoms with van der Waals surface area (Å²) in [6, 6.07) is 15.4. The number of benzene rings is 1. The van der Waals surface area contributed by atoms with Crippen molar-refractivity contribution in [3.05, 3.63) is 101 Å². The molecule has 0 saturated carbocycles. The van der Waals surface area contributed by atoms with Crippen LogP contribution in [-0.2, 0) is 11.2 Å². The summed E-state index contributed by atoms with van der Waals surface area (Å²) in [7, 11) is 0. The smallest absolute Gasteiger partial charge is 0.339 e. The largest absolute Gasteiger partial charge is 0.389 e. The van der Waals surface area contributed by atoms with Crippen LogP contribution in [0.5, 0.6) is 0 Å². The fourth-order valence-electron chi connectivity index (χ4n) is 5.81. The van der Waals surface area contributed by atoms with Gasteiger partial charge in [-0.15, -0.1) is 0 Å². The minimum Gasteiger partial charge on any atom is -0.339 e. The van der Waals surface area contributed by atoms with Crippen molar-refractivity contribution in [2.24, 2.45) is 0 Å². The number of carbonyl (C=O) groups excluding carboxylic acids is 2. The standard InChI is InChI=1S/C32H31F3N6O2/c33-32(34,35)13-7-29(42)39-17-10-24(11-18-39)27-2-1-16-41-30(27)37-28(38-41)20-22-3-5-25(6-4-22)31(43)40-19-12-26(21-40)23-8-14-36-15-9-23/h1-6,8-10,14-16,26H,7,11-13,17-21H2. The molecule has 1 atom stereocenters. The number of hydrogen-bond acceptors (Lipinski definition) is 5. The first-order valence-electron chi connectivity index (χ1n) is 14.4. The van der Waals surface area contributed by atoms with Gasteiger partial charge in [-0.05, 0) is 65.9 Å². The van der Waals surface area contributed by atoms with Gasteiger partial charge in [-0.3, -0.25) is 14.6 Å². The van der Waals surface area contributed by atoms with E-state index in [1.165, 1.54) is 10.5 Å². The number of pyridine rings is 2. The number of carbonyl (C=O) groups is 2. The summed E-state index contributed by atoms with van der Waals surface area (Å²) in [5.41, 5.74) is 5.40. The third-order valence-corrected chi connectivity index (χ3v) is 8.15. The topological polar surface area (TPSA) is 83.7 Å². The molecule has 8 nitrogen and oxygen atoms in total. The quantitative estimate of drug-likeness (QED) is 0.293. The lowest BCUT2D eigenvalue weighted by molar-refractivity contribution is -0.148. The van der Waals surface area contributed by atoms with Crippen LogP contribution in [0.1, 0.15) is 64.5 Å². The van der Waals surface area contributed by atoms with Gasteiger partial charge < -0.3 is 9.80 Å². The Bertz CT molecular complexity index is 1650. The lowest BCUT2D eigenvalue weighted by Gasteiger charge is -2.27. The van der Waals surface area contributed by atoms with Crippen LogP contribution in [0.4, 0.5) is 13.2 Å². The Balaban J connectivity index is 1.09. The molecule has 6 rings (SSSR count). The van der Waals surface area contributed by atoms with Crippen LogP contribution in [0.3, 0.4) is 0 Å². The van der Waals surface area contributed by atoms with E-state index in [4.69, 9.17) is 4.98 Å². The first kappa shape index (κ1) is 28.6. The SMILES string of the molecule is O=C(CCC(F)(F)F)N1CC=C(c2cccn3nc(Cc4ccc(C(=O)N5CCC(c6ccncc6)C5)cc4)nc23)CC1. The van der Waals surface area contributed by atoms with E-state index in [1.807, 2.05) is 65.7 Å². The van der Waals surface area contributed by atoms with Gasteiger partial charge in [0.25, 0.3) is 5.91 Å². The second kappa shape index (κ2) is 12.0. The van der Waals surface area contributed by atoms with Gasteiger partial charge in [0.05, 0.1) is 6.42 Å². The molecular weight excluding hydrogens is 557 g/mol. The van der Waals surface area contributed by atoms with Gasteiger partial charge in [-0.2, -0.15) is 18.3 Å². The summed E-state index contributed by atoms with van der Waals surface area (Å²) in [4.78, 5) is 37.6. The van der Waals surface area contributed by atoms with Gasteiger partial charge in [0.15, 0.2) is 11.5 Å². The summed E-state index contributed by atoms with van der Waals surface area (Å²) in [5, 5.41) is 4.64. The summed E-state index contributed by atoms with van der Waals surface area (Å²) in [6.07, 6.45) is 3.25. The number of nitrogens with zero attached hydrogens (tertiary/aromatic N) is 6. The summed E-state index contributed by atoms with van der Waals surface area (Å²) in [6.45, 7) is 2.04. The van der Waals surface area contributed by atoms with Crippen LogP contribution in [0, 0.1) is 0 Å². The molecule has 0 N–H and O–H groups in total. The number of halogens is 3. The zero-order chi connectivity index (χ0) is 30.0. The molecule has 1 unspecified atom stereocenters. The average Bonchev–Trinajstić information content (AvgIpc) is 3.68. The molecule has 0 spiro atoms. The molecule has 5 heterocycles. The van der Waals surface area contributed by atoms with E-state index in [0.717, 1.165) is 29.7 Å². The van der Waals surface area contributed by atoms with Crippen LogP contribution in [0.2, 0.25) is 0 Å².